The maximum absolute atomic E-state index is 10.7. The highest BCUT2D eigenvalue weighted by molar-refractivity contribution is 6.32. The first kappa shape index (κ1) is 12.0. The first-order valence-electron chi connectivity index (χ1n) is 4.18. The van der Waals surface area contributed by atoms with E-state index < -0.39 is 4.92 Å². The monoisotopic (exact) mass is 238 g/mol. The number of hydrogen-bond acceptors (Lipinski definition) is 4. The van der Waals surface area contributed by atoms with E-state index in [4.69, 9.17) is 21.6 Å². The molecule has 0 saturated heterocycles. The first-order valence-corrected chi connectivity index (χ1v) is 4.56. The maximum Gasteiger partial charge on any atom is 0.311 e. The van der Waals surface area contributed by atoms with E-state index in [1.807, 2.05) is 0 Å². The normalized spacial score (nSPS) is 10.1. The van der Waals surface area contributed by atoms with Gasteiger partial charge in [-0.05, 0) is 6.08 Å². The Morgan fingerprint density at radius 1 is 1.62 bits per heavy atom. The molecule has 16 heavy (non-hydrogen) atoms. The predicted molar refractivity (Wildman–Crippen MR) is 59.3 cm³/mol. The number of nitrogens with zero attached hydrogens (tertiary/aromatic N) is 2. The largest absolute Gasteiger partial charge is 0.490 e. The Balaban J connectivity index is 3.34. The fraction of sp³-hybridized carbons (Fsp3) is 0.100. The minimum atomic E-state index is -0.571. The molecule has 0 aliphatic heterocycles. The summed E-state index contributed by atoms with van der Waals surface area (Å²) in [6.45, 7) is 0. The smallest absolute Gasteiger partial charge is 0.311 e. The highest BCUT2D eigenvalue weighted by Crippen LogP contribution is 2.33. The van der Waals surface area contributed by atoms with E-state index in [2.05, 4.69) is 0 Å². The van der Waals surface area contributed by atoms with Gasteiger partial charge in [-0.3, -0.25) is 10.1 Å². The van der Waals surface area contributed by atoms with E-state index in [9.17, 15) is 10.1 Å². The van der Waals surface area contributed by atoms with Gasteiger partial charge in [-0.2, -0.15) is 5.26 Å². The Morgan fingerprint density at radius 3 is 2.81 bits per heavy atom. The molecule has 0 heterocycles. The molecule has 1 aromatic carbocycles. The molecule has 0 saturated carbocycles. The number of allylic oxidation sites excluding steroid dienone is 1. The second-order valence-corrected chi connectivity index (χ2v) is 3.17. The zero-order valence-electron chi connectivity index (χ0n) is 8.31. The quantitative estimate of drug-likeness (QED) is 0.461. The molecule has 0 spiro atoms. The summed E-state index contributed by atoms with van der Waals surface area (Å²) in [5.74, 6) is 0.0871. The Morgan fingerprint density at radius 2 is 2.31 bits per heavy atom. The van der Waals surface area contributed by atoms with Crippen molar-refractivity contribution in [1.82, 2.24) is 0 Å². The lowest BCUT2D eigenvalue weighted by Gasteiger charge is -2.04. The van der Waals surface area contributed by atoms with Gasteiger partial charge in [0, 0.05) is 23.8 Å². The number of benzene rings is 1. The van der Waals surface area contributed by atoms with Crippen molar-refractivity contribution in [2.45, 2.75) is 0 Å². The van der Waals surface area contributed by atoms with Crippen LogP contribution in [0.2, 0.25) is 5.02 Å². The lowest BCUT2D eigenvalue weighted by atomic mass is 10.1. The van der Waals surface area contributed by atoms with Crippen molar-refractivity contribution in [2.24, 2.45) is 0 Å². The number of methoxy groups -OCH3 is 1. The Hall–Kier alpha value is -2.06. The second kappa shape index (κ2) is 5.14. The molecule has 0 aromatic heterocycles. The van der Waals surface area contributed by atoms with Gasteiger partial charge in [0.2, 0.25) is 0 Å². The predicted octanol–water partition coefficient (Wildman–Crippen LogP) is 2.79. The van der Waals surface area contributed by atoms with Crippen LogP contribution < -0.4 is 4.74 Å². The van der Waals surface area contributed by atoms with Crippen LogP contribution in [-0.4, -0.2) is 12.0 Å². The van der Waals surface area contributed by atoms with Crippen LogP contribution >= 0.6 is 11.6 Å². The summed E-state index contributed by atoms with van der Waals surface area (Å²) in [5, 5.41) is 19.4. The van der Waals surface area contributed by atoms with Gasteiger partial charge in [0.25, 0.3) is 0 Å². The molecule has 0 unspecified atom stereocenters. The third-order valence-electron chi connectivity index (χ3n) is 1.83. The van der Waals surface area contributed by atoms with Crippen LogP contribution in [0.5, 0.6) is 5.75 Å². The van der Waals surface area contributed by atoms with Gasteiger partial charge >= 0.3 is 5.69 Å². The van der Waals surface area contributed by atoms with Gasteiger partial charge in [0.15, 0.2) is 5.75 Å². The molecule has 0 fully saturated rings. The zero-order chi connectivity index (χ0) is 12.1. The van der Waals surface area contributed by atoms with Crippen LogP contribution in [-0.2, 0) is 0 Å². The first-order chi connectivity index (χ1) is 7.60. The fourth-order valence-corrected chi connectivity index (χ4v) is 1.34. The molecule has 6 heteroatoms. The van der Waals surface area contributed by atoms with E-state index in [1.165, 1.54) is 31.4 Å². The van der Waals surface area contributed by atoms with Crippen LogP contribution in [0.15, 0.2) is 18.2 Å². The number of nitriles is 1. The van der Waals surface area contributed by atoms with Gasteiger partial charge in [-0.1, -0.05) is 11.6 Å². The minimum Gasteiger partial charge on any atom is -0.490 e. The zero-order valence-corrected chi connectivity index (χ0v) is 9.06. The van der Waals surface area contributed by atoms with Crippen molar-refractivity contribution < 1.29 is 9.66 Å². The van der Waals surface area contributed by atoms with Gasteiger partial charge in [-0.25, -0.2) is 0 Å². The van der Waals surface area contributed by atoms with Gasteiger partial charge in [-0.15, -0.1) is 0 Å². The molecule has 5 nitrogen and oxygen atoms in total. The topological polar surface area (TPSA) is 76.2 Å². The van der Waals surface area contributed by atoms with Crippen molar-refractivity contribution >= 4 is 23.4 Å². The number of nitro benzene ring substituents is 1. The van der Waals surface area contributed by atoms with Crippen LogP contribution in [0.4, 0.5) is 5.69 Å². The summed E-state index contributed by atoms with van der Waals surface area (Å²) >= 11 is 5.86. The molecule has 0 N–H and O–H groups in total. The van der Waals surface area contributed by atoms with Crippen molar-refractivity contribution in [3.8, 4) is 11.8 Å². The third-order valence-corrected chi connectivity index (χ3v) is 2.16. The summed E-state index contributed by atoms with van der Waals surface area (Å²) < 4.78 is 4.83. The van der Waals surface area contributed by atoms with Crippen LogP contribution in [0, 0.1) is 21.4 Å². The number of nitro groups is 1. The highest BCUT2D eigenvalue weighted by Gasteiger charge is 2.17. The van der Waals surface area contributed by atoms with E-state index in [0.717, 1.165) is 0 Å². The fourth-order valence-electron chi connectivity index (χ4n) is 1.12. The summed E-state index contributed by atoms with van der Waals surface area (Å²) in [5.41, 5.74) is 0.209. The van der Waals surface area contributed by atoms with Crippen molar-refractivity contribution in [3.63, 3.8) is 0 Å². The number of hydrogen-bond donors (Lipinski definition) is 0. The summed E-state index contributed by atoms with van der Waals surface area (Å²) in [6, 6.07) is 4.38. The number of ether oxygens (including phenoxy) is 1. The number of halogens is 1. The van der Waals surface area contributed by atoms with Gasteiger partial charge < -0.3 is 4.74 Å². The molecule has 1 rings (SSSR count). The van der Waals surface area contributed by atoms with E-state index in [1.54, 1.807) is 6.07 Å². The highest BCUT2D eigenvalue weighted by atomic mass is 35.5. The Kier molecular flexibility index (Phi) is 3.86. The van der Waals surface area contributed by atoms with E-state index in [-0.39, 0.29) is 16.5 Å². The van der Waals surface area contributed by atoms with Crippen LogP contribution in [0.1, 0.15) is 5.56 Å². The Labute approximate surface area is 96.7 Å². The lowest BCUT2D eigenvalue weighted by molar-refractivity contribution is -0.385. The summed E-state index contributed by atoms with van der Waals surface area (Å²) in [4.78, 5) is 10.1. The second-order valence-electron chi connectivity index (χ2n) is 2.77. The average molecular weight is 239 g/mol. The molecule has 1 aromatic rings. The lowest BCUT2D eigenvalue weighted by Crippen LogP contribution is -1.94. The van der Waals surface area contributed by atoms with E-state index >= 15 is 0 Å². The molecular formula is C10H7ClN2O3. The maximum atomic E-state index is 10.7. The van der Waals surface area contributed by atoms with Crippen LogP contribution in [0.25, 0.3) is 6.08 Å². The molecule has 0 atom stereocenters. The molecule has 82 valence electrons. The molecular weight excluding hydrogens is 232 g/mol. The summed E-state index contributed by atoms with van der Waals surface area (Å²) in [7, 11) is 1.32. The summed E-state index contributed by atoms with van der Waals surface area (Å²) in [6.07, 6.45) is 2.59. The van der Waals surface area contributed by atoms with Gasteiger partial charge in [0.1, 0.15) is 0 Å². The SMILES string of the molecule is COc1cc(Cl)c(C=CC#N)cc1[N+](=O)[O-]. The number of rotatable bonds is 3. The van der Waals surface area contributed by atoms with Crippen molar-refractivity contribution in [2.75, 3.05) is 7.11 Å². The molecule has 0 aliphatic carbocycles. The third kappa shape index (κ3) is 2.49. The van der Waals surface area contributed by atoms with Crippen molar-refractivity contribution in [1.29, 1.82) is 5.26 Å². The minimum absolute atomic E-state index is 0.0871. The van der Waals surface area contributed by atoms with Gasteiger partial charge in [0.05, 0.1) is 23.1 Å². The molecule has 0 radical (unpaired) electrons. The van der Waals surface area contributed by atoms with Crippen molar-refractivity contribution in [3.05, 3.63) is 38.9 Å². The average Bonchev–Trinajstić information content (AvgIpc) is 2.26. The standard InChI is InChI=1S/C10H7ClN2O3/c1-16-10-6-8(11)7(3-2-4-12)5-9(10)13(14)15/h2-3,5-6H,1H3. The van der Waals surface area contributed by atoms with E-state index in [0.29, 0.717) is 5.56 Å². The molecule has 0 amide bonds. The molecule has 0 aliphatic rings. The van der Waals surface area contributed by atoms with Crippen LogP contribution in [0.3, 0.4) is 0 Å². The molecule has 0 bridgehead atoms. The Bertz CT molecular complexity index is 492.